The number of carbonyl (C=O) groups excluding carboxylic acids is 1. The Bertz CT molecular complexity index is 586. The van der Waals surface area contributed by atoms with Crippen LogP contribution in [0, 0.1) is 11.3 Å². The molecular formula is C15H22F3N5O. The molecule has 2 amide bonds. The average Bonchev–Trinajstić information content (AvgIpc) is 2.45. The van der Waals surface area contributed by atoms with Gasteiger partial charge in [0.2, 0.25) is 5.95 Å². The largest absolute Gasteiger partial charge is 0.392 e. The molecule has 2 rings (SSSR count). The molecule has 0 aromatic carbocycles. The van der Waals surface area contributed by atoms with E-state index in [9.17, 15) is 18.0 Å². The number of hydrogen-bond acceptors (Lipinski definition) is 4. The highest BCUT2D eigenvalue weighted by Gasteiger charge is 2.51. The number of nitrogens with zero attached hydrogens (tertiary/aromatic N) is 4. The molecule has 1 aliphatic heterocycles. The molecular weight excluding hydrogens is 323 g/mol. The van der Waals surface area contributed by atoms with Gasteiger partial charge in [-0.1, -0.05) is 13.8 Å². The molecule has 1 aromatic rings. The van der Waals surface area contributed by atoms with Crippen LogP contribution in [0.2, 0.25) is 0 Å². The van der Waals surface area contributed by atoms with Crippen LogP contribution >= 0.6 is 0 Å². The van der Waals surface area contributed by atoms with E-state index in [0.717, 1.165) is 0 Å². The first-order chi connectivity index (χ1) is 11.0. The number of likely N-dealkylation sites (tertiary alicyclic amines) is 1. The second-order valence-corrected chi connectivity index (χ2v) is 6.89. The van der Waals surface area contributed by atoms with E-state index in [4.69, 9.17) is 0 Å². The van der Waals surface area contributed by atoms with Gasteiger partial charge < -0.3 is 15.1 Å². The quantitative estimate of drug-likeness (QED) is 0.895. The molecule has 0 saturated carbocycles. The van der Waals surface area contributed by atoms with E-state index in [2.05, 4.69) is 15.3 Å². The second kappa shape index (κ2) is 6.45. The Morgan fingerprint density at radius 2 is 1.92 bits per heavy atom. The lowest BCUT2D eigenvalue weighted by Gasteiger charge is -2.44. The van der Waals surface area contributed by atoms with Crippen molar-refractivity contribution in [3.05, 3.63) is 12.4 Å². The molecule has 0 bridgehead atoms. The second-order valence-electron chi connectivity index (χ2n) is 6.89. The molecule has 0 spiro atoms. The topological polar surface area (TPSA) is 61.4 Å². The highest BCUT2D eigenvalue weighted by molar-refractivity contribution is 5.89. The molecule has 1 fully saturated rings. The summed E-state index contributed by atoms with van der Waals surface area (Å²) >= 11 is 0. The summed E-state index contributed by atoms with van der Waals surface area (Å²) in [6, 6.07) is -0.440. The van der Waals surface area contributed by atoms with E-state index in [1.165, 1.54) is 17.3 Å². The minimum Gasteiger partial charge on any atom is -0.347 e. The molecule has 6 nitrogen and oxygen atoms in total. The minimum absolute atomic E-state index is 0.0413. The number of nitrogens with one attached hydrogen (secondary N) is 1. The summed E-state index contributed by atoms with van der Waals surface area (Å²) in [7, 11) is 3.58. The normalized spacial score (nSPS) is 20.6. The molecule has 1 saturated heterocycles. The van der Waals surface area contributed by atoms with Crippen LogP contribution in [0.4, 0.5) is 29.6 Å². The van der Waals surface area contributed by atoms with Crippen LogP contribution in [0.5, 0.6) is 0 Å². The van der Waals surface area contributed by atoms with Crippen LogP contribution in [-0.4, -0.2) is 54.3 Å². The maximum absolute atomic E-state index is 13.1. The number of rotatable bonds is 2. The predicted molar refractivity (Wildman–Crippen MR) is 84.9 cm³/mol. The zero-order valence-electron chi connectivity index (χ0n) is 14.2. The van der Waals surface area contributed by atoms with Gasteiger partial charge in [-0.15, -0.1) is 0 Å². The molecule has 134 valence electrons. The molecule has 24 heavy (non-hydrogen) atoms. The lowest BCUT2D eigenvalue weighted by molar-refractivity contribution is -0.214. The zero-order valence-corrected chi connectivity index (χ0v) is 14.2. The lowest BCUT2D eigenvalue weighted by Crippen LogP contribution is -2.53. The fourth-order valence-corrected chi connectivity index (χ4v) is 2.96. The first-order valence-corrected chi connectivity index (χ1v) is 7.63. The van der Waals surface area contributed by atoms with Crippen molar-refractivity contribution in [1.29, 1.82) is 0 Å². The standard InChI is InChI=1S/C15H22F3N5O/c1-14(2)9-23(6-5-11(14)15(16,17)18)13(24)21-10-7-19-12(20-8-10)22(3)4/h7-8,11H,5-6,9H2,1-4H3,(H,21,24). The fourth-order valence-electron chi connectivity index (χ4n) is 2.96. The summed E-state index contributed by atoms with van der Waals surface area (Å²) in [5.41, 5.74) is -0.625. The van der Waals surface area contributed by atoms with Gasteiger partial charge in [-0.05, 0) is 11.8 Å². The Kier molecular flexibility index (Phi) is 4.91. The van der Waals surface area contributed by atoms with Gasteiger partial charge in [0.1, 0.15) is 0 Å². The molecule has 9 heteroatoms. The van der Waals surface area contributed by atoms with Crippen LogP contribution in [0.15, 0.2) is 12.4 Å². The van der Waals surface area contributed by atoms with E-state index in [-0.39, 0.29) is 19.5 Å². The van der Waals surface area contributed by atoms with Crippen LogP contribution in [0.25, 0.3) is 0 Å². The molecule has 0 radical (unpaired) electrons. The van der Waals surface area contributed by atoms with Gasteiger partial charge in [-0.2, -0.15) is 13.2 Å². The summed E-state index contributed by atoms with van der Waals surface area (Å²) in [5, 5.41) is 2.63. The van der Waals surface area contributed by atoms with Crippen LogP contribution in [-0.2, 0) is 0 Å². The van der Waals surface area contributed by atoms with Crippen LogP contribution < -0.4 is 10.2 Å². The molecule has 0 aliphatic carbocycles. The van der Waals surface area contributed by atoms with E-state index in [0.29, 0.717) is 11.6 Å². The van der Waals surface area contributed by atoms with Gasteiger partial charge in [0, 0.05) is 27.2 Å². The van der Waals surface area contributed by atoms with Crippen LogP contribution in [0.3, 0.4) is 0 Å². The lowest BCUT2D eigenvalue weighted by atomic mass is 9.73. The minimum atomic E-state index is -4.25. The zero-order chi connectivity index (χ0) is 18.1. The maximum Gasteiger partial charge on any atom is 0.392 e. The van der Waals surface area contributed by atoms with E-state index in [1.807, 2.05) is 0 Å². The Labute approximate surface area is 139 Å². The average molecular weight is 345 g/mol. The number of hydrogen-bond donors (Lipinski definition) is 1. The van der Waals surface area contributed by atoms with Gasteiger partial charge in [0.15, 0.2) is 0 Å². The summed E-state index contributed by atoms with van der Waals surface area (Å²) in [4.78, 5) is 23.6. The molecule has 1 aromatic heterocycles. The van der Waals surface area contributed by atoms with E-state index < -0.39 is 23.5 Å². The number of amides is 2. The van der Waals surface area contributed by atoms with Crippen molar-refractivity contribution in [2.75, 3.05) is 37.4 Å². The van der Waals surface area contributed by atoms with Crippen molar-refractivity contribution >= 4 is 17.7 Å². The maximum atomic E-state index is 13.1. The van der Waals surface area contributed by atoms with Crippen molar-refractivity contribution in [2.24, 2.45) is 11.3 Å². The Morgan fingerprint density at radius 3 is 2.38 bits per heavy atom. The molecule has 1 N–H and O–H groups in total. The summed E-state index contributed by atoms with van der Waals surface area (Å²) in [6.45, 7) is 3.19. The molecule has 1 atom stereocenters. The fraction of sp³-hybridized carbons (Fsp3) is 0.667. The van der Waals surface area contributed by atoms with Crippen molar-refractivity contribution in [2.45, 2.75) is 26.4 Å². The van der Waals surface area contributed by atoms with E-state index in [1.54, 1.807) is 32.8 Å². The van der Waals surface area contributed by atoms with E-state index >= 15 is 0 Å². The number of piperidine rings is 1. The Hall–Kier alpha value is -2.06. The number of urea groups is 1. The summed E-state index contributed by atoms with van der Waals surface area (Å²) in [5.74, 6) is -0.906. The van der Waals surface area contributed by atoms with Gasteiger partial charge >= 0.3 is 12.2 Å². The number of carbonyl (C=O) groups is 1. The Balaban J connectivity index is 2.01. The third-order valence-electron chi connectivity index (χ3n) is 4.20. The molecule has 1 aliphatic rings. The van der Waals surface area contributed by atoms with Crippen molar-refractivity contribution in [3.63, 3.8) is 0 Å². The number of anilines is 2. The summed E-state index contributed by atoms with van der Waals surface area (Å²) in [6.07, 6.45) is -1.41. The van der Waals surface area contributed by atoms with Gasteiger partial charge in [-0.3, -0.25) is 0 Å². The predicted octanol–water partition coefficient (Wildman–Crippen LogP) is 2.98. The highest BCUT2D eigenvalue weighted by atomic mass is 19.4. The molecule has 2 heterocycles. The highest BCUT2D eigenvalue weighted by Crippen LogP contribution is 2.45. The van der Waals surface area contributed by atoms with Gasteiger partial charge in [0.25, 0.3) is 0 Å². The van der Waals surface area contributed by atoms with Crippen LogP contribution in [0.1, 0.15) is 20.3 Å². The Morgan fingerprint density at radius 1 is 1.33 bits per heavy atom. The third-order valence-corrected chi connectivity index (χ3v) is 4.20. The third kappa shape index (κ3) is 4.07. The monoisotopic (exact) mass is 345 g/mol. The first kappa shape index (κ1) is 18.3. The number of halogens is 3. The first-order valence-electron chi connectivity index (χ1n) is 7.63. The van der Waals surface area contributed by atoms with Gasteiger partial charge in [0.05, 0.1) is 24.0 Å². The van der Waals surface area contributed by atoms with Gasteiger partial charge in [-0.25, -0.2) is 14.8 Å². The summed E-state index contributed by atoms with van der Waals surface area (Å²) < 4.78 is 39.2. The van der Waals surface area contributed by atoms with Crippen molar-refractivity contribution in [3.8, 4) is 0 Å². The van der Waals surface area contributed by atoms with Crippen molar-refractivity contribution < 1.29 is 18.0 Å². The SMILES string of the molecule is CN(C)c1ncc(NC(=O)N2CCC(C(F)(F)F)C(C)(C)C2)cn1. The molecule has 1 unspecified atom stereocenters. The number of alkyl halides is 3. The smallest absolute Gasteiger partial charge is 0.347 e. The van der Waals surface area contributed by atoms with Crippen molar-refractivity contribution in [1.82, 2.24) is 14.9 Å². The number of aromatic nitrogens is 2.